The summed E-state index contributed by atoms with van der Waals surface area (Å²) in [7, 11) is 0. The summed E-state index contributed by atoms with van der Waals surface area (Å²) in [6.07, 6.45) is 0. The molecular formula is C14H10N4O3. The van der Waals surface area contributed by atoms with E-state index in [0.717, 1.165) is 0 Å². The molecule has 0 amide bonds. The summed E-state index contributed by atoms with van der Waals surface area (Å²) >= 11 is 0. The van der Waals surface area contributed by atoms with Gasteiger partial charge in [-0.3, -0.25) is 10.1 Å². The lowest BCUT2D eigenvalue weighted by Crippen LogP contribution is -1.86. The Morgan fingerprint density at radius 1 is 1.10 bits per heavy atom. The van der Waals surface area contributed by atoms with Crippen molar-refractivity contribution in [3.05, 3.63) is 58.6 Å². The highest BCUT2D eigenvalue weighted by Gasteiger charge is 2.14. The van der Waals surface area contributed by atoms with E-state index in [4.69, 9.17) is 0 Å². The van der Waals surface area contributed by atoms with E-state index in [2.05, 4.69) is 15.2 Å². The number of nitrogens with zero attached hydrogens (tertiary/aromatic N) is 3. The van der Waals surface area contributed by atoms with Gasteiger partial charge in [0, 0.05) is 12.1 Å². The van der Waals surface area contributed by atoms with Crippen LogP contribution in [0.2, 0.25) is 0 Å². The van der Waals surface area contributed by atoms with Crippen molar-refractivity contribution in [1.82, 2.24) is 4.98 Å². The molecule has 0 saturated heterocycles. The van der Waals surface area contributed by atoms with Crippen LogP contribution in [-0.4, -0.2) is 15.0 Å². The molecule has 0 aliphatic carbocycles. The molecule has 0 atom stereocenters. The Hall–Kier alpha value is -3.22. The minimum absolute atomic E-state index is 0.0941. The van der Waals surface area contributed by atoms with Gasteiger partial charge in [0.25, 0.3) is 5.69 Å². The summed E-state index contributed by atoms with van der Waals surface area (Å²) in [6.45, 7) is 0. The fourth-order valence-electron chi connectivity index (χ4n) is 1.94. The molecule has 2 N–H and O–H groups in total. The predicted octanol–water partition coefficient (Wildman–Crippen LogP) is 4.20. The van der Waals surface area contributed by atoms with Crippen LogP contribution in [0.25, 0.3) is 10.9 Å². The summed E-state index contributed by atoms with van der Waals surface area (Å²) in [6, 6.07) is 13.2. The second-order valence-corrected chi connectivity index (χ2v) is 4.34. The molecule has 0 spiro atoms. The topological polar surface area (TPSA) is 104 Å². The second kappa shape index (κ2) is 5.04. The van der Waals surface area contributed by atoms with Crippen LogP contribution in [0.4, 0.5) is 17.2 Å². The highest BCUT2D eigenvalue weighted by atomic mass is 16.6. The van der Waals surface area contributed by atoms with Crippen LogP contribution in [-0.2, 0) is 0 Å². The van der Waals surface area contributed by atoms with E-state index in [9.17, 15) is 15.2 Å². The molecule has 7 nitrogen and oxygen atoms in total. The third-order valence-electron chi connectivity index (χ3n) is 2.97. The molecule has 1 aromatic heterocycles. The van der Waals surface area contributed by atoms with Crippen LogP contribution in [0.5, 0.6) is 5.75 Å². The van der Waals surface area contributed by atoms with Crippen LogP contribution >= 0.6 is 0 Å². The molecule has 2 aromatic carbocycles. The number of nitrogens with one attached hydrogen (secondary N) is 1. The Balaban J connectivity index is 2.02. The van der Waals surface area contributed by atoms with Gasteiger partial charge in [0.1, 0.15) is 0 Å². The van der Waals surface area contributed by atoms with Crippen molar-refractivity contribution in [3.63, 3.8) is 0 Å². The number of H-pyrrole nitrogens is 1. The summed E-state index contributed by atoms with van der Waals surface area (Å²) in [4.78, 5) is 13.1. The minimum Gasteiger partial charge on any atom is -0.504 e. The number of non-ortho nitro benzene ring substituents is 1. The number of aromatic hydroxyl groups is 1. The number of fused-ring (bicyclic) bond motifs is 1. The predicted molar refractivity (Wildman–Crippen MR) is 77.2 cm³/mol. The van der Waals surface area contributed by atoms with E-state index in [0.29, 0.717) is 16.6 Å². The van der Waals surface area contributed by atoms with Crippen LogP contribution in [0.1, 0.15) is 0 Å². The van der Waals surface area contributed by atoms with Crippen molar-refractivity contribution in [2.75, 3.05) is 0 Å². The molecule has 0 radical (unpaired) electrons. The Kier molecular flexibility index (Phi) is 3.07. The number of hydrogen-bond donors (Lipinski definition) is 2. The average Bonchev–Trinajstić information content (AvgIpc) is 2.82. The smallest absolute Gasteiger partial charge is 0.270 e. The number of hydrogen-bond acceptors (Lipinski definition) is 5. The first kappa shape index (κ1) is 12.8. The number of aromatic nitrogens is 1. The van der Waals surface area contributed by atoms with Crippen molar-refractivity contribution in [2.24, 2.45) is 10.2 Å². The summed E-state index contributed by atoms with van der Waals surface area (Å²) in [5, 5.41) is 29.1. The van der Waals surface area contributed by atoms with E-state index in [1.165, 1.54) is 18.2 Å². The monoisotopic (exact) mass is 282 g/mol. The number of nitro groups is 1. The van der Waals surface area contributed by atoms with Crippen LogP contribution in [0.3, 0.4) is 0 Å². The van der Waals surface area contributed by atoms with E-state index < -0.39 is 4.92 Å². The van der Waals surface area contributed by atoms with Gasteiger partial charge in [-0.05, 0) is 18.2 Å². The molecule has 104 valence electrons. The fourth-order valence-corrected chi connectivity index (χ4v) is 1.94. The number of benzene rings is 2. The molecule has 21 heavy (non-hydrogen) atoms. The van der Waals surface area contributed by atoms with Gasteiger partial charge in [0.15, 0.2) is 11.6 Å². The third kappa shape index (κ3) is 2.44. The Labute approximate surface area is 118 Å². The zero-order chi connectivity index (χ0) is 14.8. The van der Waals surface area contributed by atoms with E-state index in [1.807, 2.05) is 18.2 Å². The SMILES string of the molecule is O=[N+]([O-])c1ccc2[nH]c(N=Nc3ccccc3)c(O)c2c1. The van der Waals surface area contributed by atoms with E-state index >= 15 is 0 Å². The molecule has 0 bridgehead atoms. The molecule has 0 aliphatic rings. The quantitative estimate of drug-likeness (QED) is 0.427. The molecule has 3 aromatic rings. The maximum atomic E-state index is 10.7. The van der Waals surface area contributed by atoms with Crippen molar-refractivity contribution < 1.29 is 10.0 Å². The zero-order valence-corrected chi connectivity index (χ0v) is 10.7. The lowest BCUT2D eigenvalue weighted by atomic mass is 10.2. The highest BCUT2D eigenvalue weighted by molar-refractivity contribution is 5.92. The van der Waals surface area contributed by atoms with Crippen molar-refractivity contribution in [1.29, 1.82) is 0 Å². The first-order chi connectivity index (χ1) is 10.1. The van der Waals surface area contributed by atoms with Gasteiger partial charge in [-0.15, -0.1) is 10.2 Å². The second-order valence-electron chi connectivity index (χ2n) is 4.34. The van der Waals surface area contributed by atoms with Gasteiger partial charge in [0.2, 0.25) is 0 Å². The van der Waals surface area contributed by atoms with Gasteiger partial charge in [-0.1, -0.05) is 18.2 Å². The Morgan fingerprint density at radius 2 is 1.86 bits per heavy atom. The number of aromatic amines is 1. The van der Waals surface area contributed by atoms with Crippen molar-refractivity contribution in [2.45, 2.75) is 0 Å². The van der Waals surface area contributed by atoms with Gasteiger partial charge in [0.05, 0.1) is 21.5 Å². The molecule has 0 saturated carbocycles. The van der Waals surface area contributed by atoms with Crippen LogP contribution < -0.4 is 0 Å². The molecular weight excluding hydrogens is 272 g/mol. The molecule has 3 rings (SSSR count). The number of azo groups is 1. The first-order valence-corrected chi connectivity index (χ1v) is 6.11. The van der Waals surface area contributed by atoms with Gasteiger partial charge in [-0.2, -0.15) is 0 Å². The van der Waals surface area contributed by atoms with E-state index in [1.54, 1.807) is 12.1 Å². The normalized spacial score (nSPS) is 11.2. The zero-order valence-electron chi connectivity index (χ0n) is 10.7. The summed E-state index contributed by atoms with van der Waals surface area (Å²) in [5.41, 5.74) is 1.10. The standard InChI is InChI=1S/C14H10N4O3/c19-13-11-8-10(18(20)21)6-7-12(11)15-14(13)17-16-9-4-2-1-3-5-9/h1-8,15,19H. The molecule has 0 unspecified atom stereocenters. The maximum absolute atomic E-state index is 10.7. The third-order valence-corrected chi connectivity index (χ3v) is 2.97. The lowest BCUT2D eigenvalue weighted by molar-refractivity contribution is -0.384. The van der Waals surface area contributed by atoms with Gasteiger partial charge >= 0.3 is 0 Å². The van der Waals surface area contributed by atoms with Crippen LogP contribution in [0.15, 0.2) is 58.8 Å². The molecule has 1 heterocycles. The fraction of sp³-hybridized carbons (Fsp3) is 0. The Morgan fingerprint density at radius 3 is 2.57 bits per heavy atom. The average molecular weight is 282 g/mol. The lowest BCUT2D eigenvalue weighted by Gasteiger charge is -1.92. The molecule has 0 aliphatic heterocycles. The molecule has 7 heteroatoms. The van der Waals surface area contributed by atoms with Crippen molar-refractivity contribution >= 4 is 28.1 Å². The number of nitro benzene ring substituents is 1. The highest BCUT2D eigenvalue weighted by Crippen LogP contribution is 2.37. The van der Waals surface area contributed by atoms with Gasteiger partial charge in [-0.25, -0.2) is 0 Å². The Bertz CT molecular complexity index is 840. The summed E-state index contributed by atoms with van der Waals surface area (Å²) < 4.78 is 0. The minimum atomic E-state index is -0.517. The van der Waals surface area contributed by atoms with Crippen molar-refractivity contribution in [3.8, 4) is 5.75 Å². The maximum Gasteiger partial charge on any atom is 0.270 e. The molecule has 0 fully saturated rings. The summed E-state index contributed by atoms with van der Waals surface area (Å²) in [5.74, 6) is 0.00253. The van der Waals surface area contributed by atoms with Gasteiger partial charge < -0.3 is 10.1 Å². The first-order valence-electron chi connectivity index (χ1n) is 6.11. The van der Waals surface area contributed by atoms with E-state index in [-0.39, 0.29) is 17.3 Å². The number of rotatable bonds is 3. The largest absolute Gasteiger partial charge is 0.504 e. The van der Waals surface area contributed by atoms with Crippen LogP contribution in [0, 0.1) is 10.1 Å².